The van der Waals surface area contributed by atoms with E-state index in [-0.39, 0.29) is 31.6 Å². The van der Waals surface area contributed by atoms with Crippen LogP contribution in [0.5, 0.6) is 0 Å². The summed E-state index contributed by atoms with van der Waals surface area (Å²) in [4.78, 5) is 64.3. The van der Waals surface area contributed by atoms with Gasteiger partial charge in [0, 0.05) is 23.5 Å². The number of fused-ring (bicyclic) bond motifs is 1. The zero-order valence-corrected chi connectivity index (χ0v) is 21.4. The lowest BCUT2D eigenvalue weighted by molar-refractivity contribution is -0.143. The van der Waals surface area contributed by atoms with Crippen LogP contribution in [0.2, 0.25) is 0 Å². The molecular weight excluding hydrogens is 496 g/mol. The van der Waals surface area contributed by atoms with E-state index in [9.17, 15) is 29.1 Å². The Labute approximate surface area is 219 Å². The largest absolute Gasteiger partial charge is 0.480 e. The second-order valence-electron chi connectivity index (χ2n) is 9.51. The van der Waals surface area contributed by atoms with E-state index in [1.165, 1.54) is 0 Å². The first-order valence-corrected chi connectivity index (χ1v) is 12.3. The van der Waals surface area contributed by atoms with Crippen LogP contribution in [0.15, 0.2) is 30.5 Å². The van der Waals surface area contributed by atoms with Crippen molar-refractivity contribution in [2.24, 2.45) is 17.4 Å². The minimum Gasteiger partial charge on any atom is -0.480 e. The molecule has 0 fully saturated rings. The molecule has 38 heavy (non-hydrogen) atoms. The number of rotatable bonds is 15. The molecule has 1 aromatic carbocycles. The molecular formula is C25H36N6O7. The number of aliphatic hydroxyl groups is 1. The fourth-order valence-electron chi connectivity index (χ4n) is 3.90. The molecule has 0 saturated carbocycles. The Bertz CT molecular complexity index is 1150. The number of nitrogens with one attached hydrogen (secondary N) is 4. The van der Waals surface area contributed by atoms with Gasteiger partial charge in [0.1, 0.15) is 18.1 Å². The highest BCUT2D eigenvalue weighted by molar-refractivity contribution is 5.94. The van der Waals surface area contributed by atoms with Gasteiger partial charge in [0.2, 0.25) is 23.6 Å². The van der Waals surface area contributed by atoms with Crippen LogP contribution in [0, 0.1) is 5.92 Å². The second-order valence-corrected chi connectivity index (χ2v) is 9.51. The quantitative estimate of drug-likeness (QED) is 0.140. The number of para-hydroxylation sites is 1. The molecule has 208 valence electrons. The fraction of sp³-hybridized carbons (Fsp3) is 0.480. The molecule has 10 N–H and O–H groups in total. The van der Waals surface area contributed by atoms with Gasteiger partial charge in [-0.3, -0.25) is 19.2 Å². The number of hydrogen-bond acceptors (Lipinski definition) is 7. The van der Waals surface area contributed by atoms with Crippen molar-refractivity contribution in [3.8, 4) is 0 Å². The summed E-state index contributed by atoms with van der Waals surface area (Å²) < 4.78 is 0. The number of carbonyl (C=O) groups excluding carboxylic acids is 4. The Balaban J connectivity index is 2.13. The minimum absolute atomic E-state index is 0.0282. The van der Waals surface area contributed by atoms with Crippen molar-refractivity contribution in [1.82, 2.24) is 20.9 Å². The summed E-state index contributed by atoms with van der Waals surface area (Å²) in [6, 6.07) is 2.59. The molecule has 0 aliphatic rings. The number of aliphatic carboxylic acids is 1. The van der Waals surface area contributed by atoms with Crippen LogP contribution in [0.25, 0.3) is 10.9 Å². The summed E-state index contributed by atoms with van der Waals surface area (Å²) in [6.07, 6.45) is 1.72. The first-order chi connectivity index (χ1) is 17.9. The maximum Gasteiger partial charge on any atom is 0.328 e. The SMILES string of the molecule is CC(C)CC(NC(=O)C(N)Cc1c[nH]c2ccccc12)C(=O)NC(CCC(N)=O)C(=O)NC(CO)C(=O)O. The minimum atomic E-state index is -1.61. The van der Waals surface area contributed by atoms with Crippen molar-refractivity contribution in [1.29, 1.82) is 0 Å². The van der Waals surface area contributed by atoms with Gasteiger partial charge in [-0.2, -0.15) is 0 Å². The monoisotopic (exact) mass is 532 g/mol. The number of carbonyl (C=O) groups is 5. The molecule has 2 aromatic rings. The molecule has 4 unspecified atom stereocenters. The molecule has 0 aliphatic carbocycles. The van der Waals surface area contributed by atoms with Crippen molar-refractivity contribution < 1.29 is 34.2 Å². The normalized spacial score (nSPS) is 14.3. The fourth-order valence-corrected chi connectivity index (χ4v) is 3.90. The lowest BCUT2D eigenvalue weighted by atomic mass is 10.0. The molecule has 1 aromatic heterocycles. The van der Waals surface area contributed by atoms with Crippen LogP contribution in [-0.4, -0.2) is 75.6 Å². The molecule has 0 saturated heterocycles. The third-order valence-corrected chi connectivity index (χ3v) is 5.90. The van der Waals surface area contributed by atoms with Gasteiger partial charge in [0.05, 0.1) is 12.6 Å². The molecule has 13 heteroatoms. The van der Waals surface area contributed by atoms with Gasteiger partial charge in [-0.15, -0.1) is 0 Å². The number of carboxylic acids is 1. The van der Waals surface area contributed by atoms with E-state index >= 15 is 0 Å². The van der Waals surface area contributed by atoms with Crippen LogP contribution in [0.3, 0.4) is 0 Å². The lowest BCUT2D eigenvalue weighted by Gasteiger charge is -2.25. The molecule has 13 nitrogen and oxygen atoms in total. The second kappa shape index (κ2) is 14.1. The van der Waals surface area contributed by atoms with Crippen molar-refractivity contribution in [3.63, 3.8) is 0 Å². The van der Waals surface area contributed by atoms with Crippen LogP contribution in [0.4, 0.5) is 0 Å². The predicted molar refractivity (Wildman–Crippen MR) is 138 cm³/mol. The predicted octanol–water partition coefficient (Wildman–Crippen LogP) is -1.12. The first kappa shape index (κ1) is 30.3. The standard InChI is InChI=1S/C25H36N6O7/c1-13(2)9-19(30-22(34)16(26)10-14-11-28-17-6-4-3-5-15(14)17)24(36)29-18(7-8-21(27)33)23(35)31-20(12-32)25(37)38/h3-6,11,13,16,18-20,28,32H,7-10,12,26H2,1-2H3,(H2,27,33)(H,29,36)(H,30,34)(H,31,35)(H,37,38). The number of benzene rings is 1. The summed E-state index contributed by atoms with van der Waals surface area (Å²) in [5.41, 5.74) is 13.1. The number of hydrogen-bond donors (Lipinski definition) is 8. The van der Waals surface area contributed by atoms with Crippen molar-refractivity contribution in [2.45, 2.75) is 63.7 Å². The van der Waals surface area contributed by atoms with Crippen molar-refractivity contribution >= 4 is 40.5 Å². The van der Waals surface area contributed by atoms with Gasteiger partial charge in [0.25, 0.3) is 0 Å². The molecule has 0 aliphatic heterocycles. The van der Waals surface area contributed by atoms with E-state index in [0.717, 1.165) is 16.5 Å². The van der Waals surface area contributed by atoms with Gasteiger partial charge in [-0.25, -0.2) is 4.79 Å². The van der Waals surface area contributed by atoms with E-state index in [0.29, 0.717) is 0 Å². The van der Waals surface area contributed by atoms with Gasteiger partial charge in [-0.1, -0.05) is 32.0 Å². The van der Waals surface area contributed by atoms with Crippen molar-refractivity contribution in [3.05, 3.63) is 36.0 Å². The Morgan fingerprint density at radius 3 is 2.16 bits per heavy atom. The summed E-state index contributed by atoms with van der Waals surface area (Å²) in [6.45, 7) is 2.81. The van der Waals surface area contributed by atoms with Gasteiger partial charge < -0.3 is 42.6 Å². The van der Waals surface area contributed by atoms with Gasteiger partial charge in [0.15, 0.2) is 0 Å². The summed E-state index contributed by atoms with van der Waals surface area (Å²) in [5, 5.41) is 26.4. The highest BCUT2D eigenvalue weighted by atomic mass is 16.4. The van der Waals surface area contributed by atoms with E-state index < -0.39 is 60.4 Å². The lowest BCUT2D eigenvalue weighted by Crippen LogP contribution is -2.58. The number of H-pyrrole nitrogens is 1. The summed E-state index contributed by atoms with van der Waals surface area (Å²) >= 11 is 0. The van der Waals surface area contributed by atoms with E-state index in [1.807, 2.05) is 38.1 Å². The Hall–Kier alpha value is -3.97. The number of aromatic nitrogens is 1. The molecule has 2 rings (SSSR count). The van der Waals surface area contributed by atoms with Gasteiger partial charge >= 0.3 is 5.97 Å². The number of amides is 4. The number of primary amides is 1. The maximum atomic E-state index is 13.1. The third kappa shape index (κ3) is 8.85. The van der Waals surface area contributed by atoms with Gasteiger partial charge in [-0.05, 0) is 36.8 Å². The highest BCUT2D eigenvalue weighted by Crippen LogP contribution is 2.19. The van der Waals surface area contributed by atoms with Crippen LogP contribution < -0.4 is 27.4 Å². The molecule has 1 heterocycles. The molecule has 4 amide bonds. The first-order valence-electron chi connectivity index (χ1n) is 12.3. The average molecular weight is 533 g/mol. The Morgan fingerprint density at radius 1 is 0.947 bits per heavy atom. The Morgan fingerprint density at radius 2 is 1.55 bits per heavy atom. The van der Waals surface area contributed by atoms with E-state index in [2.05, 4.69) is 20.9 Å². The number of nitrogens with two attached hydrogens (primary N) is 2. The average Bonchev–Trinajstić information content (AvgIpc) is 3.26. The van der Waals surface area contributed by atoms with Crippen LogP contribution in [0.1, 0.15) is 38.7 Å². The molecule has 0 radical (unpaired) electrons. The zero-order valence-electron chi connectivity index (χ0n) is 21.4. The number of aromatic amines is 1. The van der Waals surface area contributed by atoms with Crippen LogP contribution in [-0.2, 0) is 30.4 Å². The van der Waals surface area contributed by atoms with E-state index in [1.54, 1.807) is 6.20 Å². The number of aliphatic hydroxyl groups excluding tert-OH is 1. The smallest absolute Gasteiger partial charge is 0.328 e. The molecule has 4 atom stereocenters. The Kier molecular flexibility index (Phi) is 11.2. The highest BCUT2D eigenvalue weighted by Gasteiger charge is 2.31. The van der Waals surface area contributed by atoms with E-state index in [4.69, 9.17) is 16.6 Å². The summed E-state index contributed by atoms with van der Waals surface area (Å²) in [7, 11) is 0. The molecule has 0 spiro atoms. The van der Waals surface area contributed by atoms with Crippen molar-refractivity contribution in [2.75, 3.05) is 6.61 Å². The zero-order chi connectivity index (χ0) is 28.4. The summed E-state index contributed by atoms with van der Waals surface area (Å²) in [5.74, 6) is -4.45. The molecule has 0 bridgehead atoms. The topological polar surface area (TPSA) is 230 Å². The third-order valence-electron chi connectivity index (χ3n) is 5.90. The maximum absolute atomic E-state index is 13.1. The number of carboxylic acid groups (broad SMARTS) is 1. The van der Waals surface area contributed by atoms with Crippen LogP contribution >= 0.6 is 0 Å².